The van der Waals surface area contributed by atoms with E-state index in [-0.39, 0.29) is 15.9 Å². The molecule has 0 bridgehead atoms. The molecule has 1 spiro atoms. The normalized spacial score (nSPS) is 31.4. The highest BCUT2D eigenvalue weighted by molar-refractivity contribution is 8.15. The molecule has 2 fully saturated rings. The van der Waals surface area contributed by atoms with Gasteiger partial charge in [0.1, 0.15) is 0 Å². The summed E-state index contributed by atoms with van der Waals surface area (Å²) in [5.41, 5.74) is 0.239. The minimum atomic E-state index is 0.000856. The van der Waals surface area contributed by atoms with E-state index in [1.807, 2.05) is 0 Å². The van der Waals surface area contributed by atoms with Gasteiger partial charge in [0.25, 0.3) is 0 Å². The average molecular weight is 284 g/mol. The molecule has 19 heavy (non-hydrogen) atoms. The zero-order valence-electron chi connectivity index (χ0n) is 13.2. The lowest BCUT2D eigenvalue weighted by Gasteiger charge is -2.52. The van der Waals surface area contributed by atoms with Crippen molar-refractivity contribution in [3.8, 4) is 0 Å². The second-order valence-electron chi connectivity index (χ2n) is 7.87. The third-order valence-corrected chi connectivity index (χ3v) is 5.57. The van der Waals surface area contributed by atoms with Crippen LogP contribution in [0, 0.1) is 0 Å². The predicted molar refractivity (Wildman–Crippen MR) is 82.3 cm³/mol. The zero-order valence-corrected chi connectivity index (χ0v) is 14.1. The topological polar surface area (TPSA) is 23.6 Å². The van der Waals surface area contributed by atoms with Crippen LogP contribution in [0.5, 0.6) is 0 Å². The number of hydrogen-bond acceptors (Lipinski definition) is 4. The van der Waals surface area contributed by atoms with Gasteiger partial charge < -0.3 is 0 Å². The van der Waals surface area contributed by atoms with Crippen molar-refractivity contribution < 1.29 is 4.79 Å². The molecule has 2 aliphatic heterocycles. The van der Waals surface area contributed by atoms with Crippen LogP contribution < -0.4 is 0 Å². The maximum absolute atomic E-state index is 12.0. The van der Waals surface area contributed by atoms with Crippen LogP contribution in [0.15, 0.2) is 0 Å². The first-order chi connectivity index (χ1) is 8.55. The summed E-state index contributed by atoms with van der Waals surface area (Å²) in [6, 6.07) is 0. The molecule has 0 N–H and O–H groups in total. The number of hydrogen-bond donors (Lipinski definition) is 0. The maximum atomic E-state index is 12.0. The molecule has 0 aromatic carbocycles. The number of piperidine rings is 1. The van der Waals surface area contributed by atoms with Crippen LogP contribution in [0.25, 0.3) is 0 Å². The standard InChI is InChI=1S/C15H28N2OS/c1-13(2,3)16-9-7-8-15(11-16)17(14(4,5)6)10-12(18)19-15/h7-11H2,1-6H3. The second-order valence-corrected chi connectivity index (χ2v) is 9.29. The number of nitrogens with zero attached hydrogens (tertiary/aromatic N) is 2. The monoisotopic (exact) mass is 284 g/mol. The molecule has 110 valence electrons. The van der Waals surface area contributed by atoms with E-state index >= 15 is 0 Å². The summed E-state index contributed by atoms with van der Waals surface area (Å²) in [4.78, 5) is 17.0. The largest absolute Gasteiger partial charge is 0.296 e. The molecule has 0 aromatic heterocycles. The van der Waals surface area contributed by atoms with Crippen LogP contribution in [0.1, 0.15) is 54.4 Å². The molecule has 2 saturated heterocycles. The molecule has 2 aliphatic rings. The highest BCUT2D eigenvalue weighted by atomic mass is 32.2. The molecule has 0 aromatic rings. The molecule has 4 heteroatoms. The first-order valence-corrected chi connectivity index (χ1v) is 8.11. The van der Waals surface area contributed by atoms with Crippen molar-refractivity contribution in [1.82, 2.24) is 9.80 Å². The van der Waals surface area contributed by atoms with E-state index in [0.717, 1.165) is 19.5 Å². The third kappa shape index (κ3) is 3.01. The van der Waals surface area contributed by atoms with Gasteiger partial charge in [-0.3, -0.25) is 14.6 Å². The maximum Gasteiger partial charge on any atom is 0.204 e. The number of likely N-dealkylation sites (tertiary alicyclic amines) is 1. The van der Waals surface area contributed by atoms with Gasteiger partial charge >= 0.3 is 0 Å². The van der Waals surface area contributed by atoms with Gasteiger partial charge in [-0.05, 0) is 60.9 Å². The van der Waals surface area contributed by atoms with Gasteiger partial charge in [-0.2, -0.15) is 0 Å². The van der Waals surface area contributed by atoms with E-state index in [2.05, 4.69) is 51.3 Å². The summed E-state index contributed by atoms with van der Waals surface area (Å²) in [6.07, 6.45) is 2.32. The van der Waals surface area contributed by atoms with Crippen molar-refractivity contribution >= 4 is 16.9 Å². The summed E-state index contributed by atoms with van der Waals surface area (Å²) in [7, 11) is 0. The minimum Gasteiger partial charge on any atom is -0.296 e. The van der Waals surface area contributed by atoms with Crippen LogP contribution >= 0.6 is 11.8 Å². The Labute approximate surface area is 122 Å². The molecule has 0 aliphatic carbocycles. The van der Waals surface area contributed by atoms with Crippen LogP contribution in [0.4, 0.5) is 0 Å². The van der Waals surface area contributed by atoms with E-state index in [9.17, 15) is 4.79 Å². The van der Waals surface area contributed by atoms with Crippen LogP contribution in [-0.2, 0) is 4.79 Å². The van der Waals surface area contributed by atoms with Gasteiger partial charge in [0, 0.05) is 17.6 Å². The molecular weight excluding hydrogens is 256 g/mol. The Balaban J connectivity index is 2.27. The first kappa shape index (κ1) is 15.3. The van der Waals surface area contributed by atoms with Gasteiger partial charge in [-0.15, -0.1) is 0 Å². The van der Waals surface area contributed by atoms with Crippen LogP contribution in [0.2, 0.25) is 0 Å². The third-order valence-electron chi connectivity index (χ3n) is 4.27. The summed E-state index contributed by atoms with van der Waals surface area (Å²) in [5.74, 6) is 0. The van der Waals surface area contributed by atoms with Gasteiger partial charge in [0.15, 0.2) is 0 Å². The molecule has 0 saturated carbocycles. The van der Waals surface area contributed by atoms with Crippen molar-refractivity contribution in [2.45, 2.75) is 70.3 Å². The van der Waals surface area contributed by atoms with Crippen molar-refractivity contribution in [3.05, 3.63) is 0 Å². The molecule has 0 radical (unpaired) electrons. The first-order valence-electron chi connectivity index (χ1n) is 7.29. The lowest BCUT2D eigenvalue weighted by Crippen LogP contribution is -2.62. The van der Waals surface area contributed by atoms with Crippen molar-refractivity contribution in [2.24, 2.45) is 0 Å². The number of carbonyl (C=O) groups is 1. The number of rotatable bonds is 0. The van der Waals surface area contributed by atoms with Crippen molar-refractivity contribution in [2.75, 3.05) is 19.6 Å². The van der Waals surface area contributed by atoms with E-state index in [1.54, 1.807) is 11.8 Å². The van der Waals surface area contributed by atoms with Crippen molar-refractivity contribution in [1.29, 1.82) is 0 Å². The smallest absolute Gasteiger partial charge is 0.204 e. The SMILES string of the molecule is CC(C)(C)N1CCCC2(C1)SC(=O)CN2C(C)(C)C. The van der Waals surface area contributed by atoms with Crippen molar-refractivity contribution in [3.63, 3.8) is 0 Å². The van der Waals surface area contributed by atoms with E-state index in [0.29, 0.717) is 11.7 Å². The second kappa shape index (κ2) is 4.74. The number of carbonyl (C=O) groups excluding carboxylic acids is 1. The highest BCUT2D eigenvalue weighted by Crippen LogP contribution is 2.47. The van der Waals surface area contributed by atoms with Gasteiger partial charge in [0.05, 0.1) is 11.4 Å². The van der Waals surface area contributed by atoms with E-state index in [1.165, 1.54) is 6.42 Å². The summed E-state index contributed by atoms with van der Waals surface area (Å²) >= 11 is 1.59. The van der Waals surface area contributed by atoms with Gasteiger partial charge in [-0.25, -0.2) is 0 Å². The fourth-order valence-electron chi connectivity index (χ4n) is 3.30. The summed E-state index contributed by atoms with van der Waals surface area (Å²) < 4.78 is 0. The number of thioether (sulfide) groups is 1. The molecule has 3 nitrogen and oxygen atoms in total. The fourth-order valence-corrected chi connectivity index (χ4v) is 4.83. The minimum absolute atomic E-state index is 0.000856. The van der Waals surface area contributed by atoms with Crippen LogP contribution in [0.3, 0.4) is 0 Å². The molecule has 2 heterocycles. The van der Waals surface area contributed by atoms with E-state index in [4.69, 9.17) is 0 Å². The Hall–Kier alpha value is -0.0600. The summed E-state index contributed by atoms with van der Waals surface area (Å²) in [6.45, 7) is 16.3. The lowest BCUT2D eigenvalue weighted by molar-refractivity contribution is -0.112. The highest BCUT2D eigenvalue weighted by Gasteiger charge is 2.52. The van der Waals surface area contributed by atoms with Gasteiger partial charge in [-0.1, -0.05) is 11.8 Å². The Morgan fingerprint density at radius 1 is 1.11 bits per heavy atom. The Morgan fingerprint density at radius 2 is 1.74 bits per heavy atom. The fraction of sp³-hybridized carbons (Fsp3) is 0.933. The average Bonchev–Trinajstić information content (AvgIpc) is 2.53. The molecule has 0 amide bonds. The molecule has 1 unspecified atom stereocenters. The van der Waals surface area contributed by atoms with Gasteiger partial charge in [0.2, 0.25) is 5.12 Å². The quantitative estimate of drug-likeness (QED) is 0.682. The lowest BCUT2D eigenvalue weighted by atomic mass is 9.93. The summed E-state index contributed by atoms with van der Waals surface area (Å²) in [5, 5.41) is 0.339. The molecule has 1 atom stereocenters. The molecular formula is C15H28N2OS. The Morgan fingerprint density at radius 3 is 2.26 bits per heavy atom. The van der Waals surface area contributed by atoms with E-state index < -0.39 is 0 Å². The zero-order chi connectivity index (χ0) is 14.5. The Kier molecular flexibility index (Phi) is 3.83. The molecule has 2 rings (SSSR count). The predicted octanol–water partition coefficient (Wildman–Crippen LogP) is 2.95. The Bertz CT molecular complexity index is 369. The van der Waals surface area contributed by atoms with Crippen LogP contribution in [-0.4, -0.2) is 50.5 Å².